The molecule has 2 atom stereocenters. The number of esters is 1. The van der Waals surface area contributed by atoms with E-state index in [-0.39, 0.29) is 18.5 Å². The van der Waals surface area contributed by atoms with Crippen LogP contribution in [0.5, 0.6) is 0 Å². The minimum absolute atomic E-state index is 0.000182. The average molecular weight is 975 g/mol. The van der Waals surface area contributed by atoms with Crippen molar-refractivity contribution in [3.63, 3.8) is 0 Å². The van der Waals surface area contributed by atoms with Crippen molar-refractivity contribution in [3.05, 3.63) is 12.2 Å². The highest BCUT2D eigenvalue weighted by molar-refractivity contribution is 5.76. The van der Waals surface area contributed by atoms with Crippen LogP contribution in [0.25, 0.3) is 0 Å². The molecule has 0 aliphatic rings. The zero-order valence-corrected chi connectivity index (χ0v) is 46.8. The van der Waals surface area contributed by atoms with Crippen LogP contribution >= 0.6 is 0 Å². The van der Waals surface area contributed by atoms with Gasteiger partial charge in [0.1, 0.15) is 0 Å². The number of amides is 1. The van der Waals surface area contributed by atoms with Gasteiger partial charge in [-0.2, -0.15) is 0 Å². The van der Waals surface area contributed by atoms with Crippen LogP contribution in [0.1, 0.15) is 354 Å². The second-order valence-electron chi connectivity index (χ2n) is 21.7. The van der Waals surface area contributed by atoms with E-state index >= 15 is 0 Å². The standard InChI is InChI=1S/C63H123NO5/c1-3-5-7-9-11-13-15-17-18-19-20-21-22-23-24-25-28-32-35-39-43-47-51-55-61(66)60(59-65)64-62(67)56-52-48-44-40-36-33-29-26-27-30-34-38-42-46-50-54-58-69-63(68)57-53-49-45-41-37-31-16-14-12-10-8-6-4-2/h26,29,60-61,65-66H,3-25,27-28,30-59H2,1-2H3,(H,64,67)/b29-26-. The normalized spacial score (nSPS) is 12.6. The maximum atomic E-state index is 12.5. The van der Waals surface area contributed by atoms with Crippen molar-refractivity contribution in [3.8, 4) is 0 Å². The molecule has 0 aromatic heterocycles. The first-order valence-corrected chi connectivity index (χ1v) is 31.4. The van der Waals surface area contributed by atoms with E-state index in [0.717, 1.165) is 64.2 Å². The van der Waals surface area contributed by atoms with Crippen molar-refractivity contribution in [2.45, 2.75) is 366 Å². The number of carbonyl (C=O) groups is 2. The summed E-state index contributed by atoms with van der Waals surface area (Å²) in [6.45, 7) is 4.96. The number of ether oxygens (including phenoxy) is 1. The van der Waals surface area contributed by atoms with Crippen molar-refractivity contribution >= 4 is 11.9 Å². The number of hydrogen-bond donors (Lipinski definition) is 3. The topological polar surface area (TPSA) is 95.9 Å². The molecule has 410 valence electrons. The van der Waals surface area contributed by atoms with Crippen LogP contribution in [0.4, 0.5) is 0 Å². The van der Waals surface area contributed by atoms with Crippen LogP contribution in [0.3, 0.4) is 0 Å². The molecule has 0 spiro atoms. The van der Waals surface area contributed by atoms with Gasteiger partial charge in [-0.05, 0) is 51.4 Å². The summed E-state index contributed by atoms with van der Waals surface area (Å²) in [5.74, 6) is -0.0480. The molecule has 3 N–H and O–H groups in total. The Morgan fingerprint density at radius 3 is 1.03 bits per heavy atom. The first-order valence-electron chi connectivity index (χ1n) is 31.4. The van der Waals surface area contributed by atoms with E-state index in [0.29, 0.717) is 25.9 Å². The molecule has 69 heavy (non-hydrogen) atoms. The number of allylic oxidation sites excluding steroid dienone is 2. The number of carbonyl (C=O) groups excluding carboxylic acids is 2. The van der Waals surface area contributed by atoms with E-state index in [9.17, 15) is 19.8 Å². The molecule has 0 rings (SSSR count). The molecule has 0 aromatic rings. The summed E-state index contributed by atoms with van der Waals surface area (Å²) in [5.41, 5.74) is 0. The van der Waals surface area contributed by atoms with E-state index in [1.807, 2.05) is 0 Å². The Kier molecular flexibility index (Phi) is 58.0. The van der Waals surface area contributed by atoms with Crippen LogP contribution in [0.15, 0.2) is 12.2 Å². The first kappa shape index (κ1) is 67.6. The Morgan fingerprint density at radius 1 is 0.391 bits per heavy atom. The molecular weight excluding hydrogens is 851 g/mol. The molecule has 0 aliphatic carbocycles. The quantitative estimate of drug-likeness (QED) is 0.0321. The number of aliphatic hydroxyl groups excluding tert-OH is 2. The fourth-order valence-electron chi connectivity index (χ4n) is 9.99. The lowest BCUT2D eigenvalue weighted by Gasteiger charge is -2.22. The van der Waals surface area contributed by atoms with Crippen molar-refractivity contribution < 1.29 is 24.5 Å². The second kappa shape index (κ2) is 59.2. The van der Waals surface area contributed by atoms with Gasteiger partial charge in [-0.25, -0.2) is 0 Å². The largest absolute Gasteiger partial charge is 0.466 e. The Morgan fingerprint density at radius 2 is 0.681 bits per heavy atom. The average Bonchev–Trinajstić information content (AvgIpc) is 3.35. The maximum absolute atomic E-state index is 12.5. The molecule has 0 saturated heterocycles. The van der Waals surface area contributed by atoms with Crippen LogP contribution in [-0.4, -0.2) is 47.4 Å². The minimum Gasteiger partial charge on any atom is -0.466 e. The van der Waals surface area contributed by atoms with Crippen LogP contribution in [0.2, 0.25) is 0 Å². The Labute approximate surface area is 431 Å². The maximum Gasteiger partial charge on any atom is 0.305 e. The second-order valence-corrected chi connectivity index (χ2v) is 21.7. The Hall–Kier alpha value is -1.40. The van der Waals surface area contributed by atoms with Gasteiger partial charge in [-0.3, -0.25) is 9.59 Å². The van der Waals surface area contributed by atoms with Crippen LogP contribution in [-0.2, 0) is 14.3 Å². The molecule has 0 radical (unpaired) electrons. The summed E-state index contributed by atoms with van der Waals surface area (Å²) < 4.78 is 5.47. The molecule has 0 aliphatic heterocycles. The first-order chi connectivity index (χ1) is 34.0. The van der Waals surface area contributed by atoms with Crippen LogP contribution < -0.4 is 5.32 Å². The van der Waals surface area contributed by atoms with Crippen molar-refractivity contribution in [1.29, 1.82) is 0 Å². The zero-order chi connectivity index (χ0) is 50.0. The number of nitrogens with one attached hydrogen (secondary N) is 1. The monoisotopic (exact) mass is 974 g/mol. The van der Waals surface area contributed by atoms with Gasteiger partial charge in [-0.15, -0.1) is 0 Å². The fraction of sp³-hybridized carbons (Fsp3) is 0.937. The Bertz CT molecular complexity index is 1030. The summed E-state index contributed by atoms with van der Waals surface area (Å²) >= 11 is 0. The molecule has 0 heterocycles. The van der Waals surface area contributed by atoms with E-state index in [1.165, 1.54) is 257 Å². The van der Waals surface area contributed by atoms with Crippen molar-refractivity contribution in [2.75, 3.05) is 13.2 Å². The van der Waals surface area contributed by atoms with Gasteiger partial charge >= 0.3 is 5.97 Å². The molecule has 0 bridgehead atoms. The number of rotatable bonds is 59. The predicted octanol–water partition coefficient (Wildman–Crippen LogP) is 19.6. The molecule has 1 amide bonds. The molecule has 6 nitrogen and oxygen atoms in total. The SMILES string of the molecule is CCCCCCCCCCCCCCCCCCCCCCCCCC(O)C(CO)NC(=O)CCCCCCC/C=C\CCCCCCCCCOC(=O)CCCCCCCCCCCCCCC. The van der Waals surface area contributed by atoms with Gasteiger partial charge < -0.3 is 20.3 Å². The van der Waals surface area contributed by atoms with E-state index in [4.69, 9.17) is 4.74 Å². The number of unbranched alkanes of at least 4 members (excludes halogenated alkanes) is 46. The van der Waals surface area contributed by atoms with Gasteiger partial charge in [0.05, 0.1) is 25.4 Å². The molecule has 0 fully saturated rings. The third-order valence-electron chi connectivity index (χ3n) is 14.8. The smallest absolute Gasteiger partial charge is 0.305 e. The van der Waals surface area contributed by atoms with Gasteiger partial charge in [0, 0.05) is 12.8 Å². The van der Waals surface area contributed by atoms with E-state index in [1.54, 1.807) is 0 Å². The zero-order valence-electron chi connectivity index (χ0n) is 46.8. The summed E-state index contributed by atoms with van der Waals surface area (Å²) in [4.78, 5) is 24.6. The number of hydrogen-bond acceptors (Lipinski definition) is 5. The molecule has 0 saturated carbocycles. The number of aliphatic hydroxyl groups is 2. The lowest BCUT2D eigenvalue weighted by molar-refractivity contribution is -0.143. The summed E-state index contributed by atoms with van der Waals surface area (Å²) in [7, 11) is 0. The van der Waals surface area contributed by atoms with Crippen LogP contribution in [0, 0.1) is 0 Å². The highest BCUT2D eigenvalue weighted by Crippen LogP contribution is 2.18. The highest BCUT2D eigenvalue weighted by atomic mass is 16.5. The van der Waals surface area contributed by atoms with E-state index < -0.39 is 12.1 Å². The summed E-state index contributed by atoms with van der Waals surface area (Å²) in [6.07, 6.45) is 70.7. The predicted molar refractivity (Wildman–Crippen MR) is 301 cm³/mol. The third kappa shape index (κ3) is 55.8. The van der Waals surface area contributed by atoms with Gasteiger partial charge in [0.25, 0.3) is 0 Å². The lowest BCUT2D eigenvalue weighted by Crippen LogP contribution is -2.45. The fourth-order valence-corrected chi connectivity index (χ4v) is 9.99. The van der Waals surface area contributed by atoms with Gasteiger partial charge in [0.2, 0.25) is 5.91 Å². The third-order valence-corrected chi connectivity index (χ3v) is 14.8. The highest BCUT2D eigenvalue weighted by Gasteiger charge is 2.20. The molecule has 6 heteroatoms. The Balaban J connectivity index is 3.45. The van der Waals surface area contributed by atoms with Crippen molar-refractivity contribution in [1.82, 2.24) is 5.32 Å². The molecule has 0 aromatic carbocycles. The van der Waals surface area contributed by atoms with Gasteiger partial charge in [0.15, 0.2) is 0 Å². The van der Waals surface area contributed by atoms with Gasteiger partial charge in [-0.1, -0.05) is 302 Å². The minimum atomic E-state index is -0.675. The van der Waals surface area contributed by atoms with E-state index in [2.05, 4.69) is 31.3 Å². The summed E-state index contributed by atoms with van der Waals surface area (Å²) in [6, 6.07) is -0.554. The van der Waals surface area contributed by atoms with Crippen molar-refractivity contribution in [2.24, 2.45) is 0 Å². The molecular formula is C63H123NO5. The molecule has 2 unspecified atom stereocenters. The lowest BCUT2D eigenvalue weighted by atomic mass is 10.0. The summed E-state index contributed by atoms with van der Waals surface area (Å²) in [5, 5.41) is 23.4.